The lowest BCUT2D eigenvalue weighted by Gasteiger charge is -2.32. The van der Waals surface area contributed by atoms with E-state index in [9.17, 15) is 9.59 Å². The maximum Gasteiger partial charge on any atom is 0.401 e. The van der Waals surface area contributed by atoms with Crippen molar-refractivity contribution >= 4 is 30.9 Å². The molecule has 6 nitrogen and oxygen atoms in total. The van der Waals surface area contributed by atoms with Crippen LogP contribution in [0, 0.1) is 0 Å². The first-order valence-corrected chi connectivity index (χ1v) is 15.5. The zero-order valence-electron chi connectivity index (χ0n) is 26.6. The predicted molar refractivity (Wildman–Crippen MR) is 164 cm³/mol. The van der Waals surface area contributed by atoms with Crippen molar-refractivity contribution in [3.63, 3.8) is 0 Å². The summed E-state index contributed by atoms with van der Waals surface area (Å²) in [4.78, 5) is 25.1. The maximum atomic E-state index is 12.6. The van der Waals surface area contributed by atoms with Crippen LogP contribution in [-0.2, 0) is 31.1 Å². The van der Waals surface area contributed by atoms with Crippen molar-refractivity contribution < 1.29 is 28.1 Å². The molecule has 0 aliphatic rings. The fourth-order valence-electron chi connectivity index (χ4n) is 4.32. The van der Waals surface area contributed by atoms with E-state index < -0.39 is 19.7 Å². The number of carbonyl (C=O) groups excluding carboxylic acids is 2. The van der Waals surface area contributed by atoms with Crippen molar-refractivity contribution in [3.05, 3.63) is 57.6 Å². The van der Waals surface area contributed by atoms with Gasteiger partial charge in [0.15, 0.2) is 0 Å². The Morgan fingerprint density at radius 3 is 0.950 bits per heavy atom. The van der Waals surface area contributed by atoms with Crippen LogP contribution in [0.25, 0.3) is 0 Å². The number of hydrogen-bond acceptors (Lipinski definition) is 6. The normalized spacial score (nSPS) is 12.8. The van der Waals surface area contributed by atoms with Crippen molar-refractivity contribution in [3.8, 4) is 11.5 Å². The third kappa shape index (κ3) is 7.91. The van der Waals surface area contributed by atoms with E-state index in [1.807, 2.05) is 24.3 Å². The van der Waals surface area contributed by atoms with E-state index >= 15 is 0 Å². The highest BCUT2D eigenvalue weighted by Crippen LogP contribution is 2.53. The van der Waals surface area contributed by atoms with Gasteiger partial charge in [0.1, 0.15) is 11.5 Å². The van der Waals surface area contributed by atoms with Gasteiger partial charge in [0, 0.05) is 22.3 Å². The summed E-state index contributed by atoms with van der Waals surface area (Å²) in [5.41, 5.74) is 2.71. The number of benzene rings is 2. The molecule has 0 atom stereocenters. The molecule has 0 saturated heterocycles. The van der Waals surface area contributed by atoms with Crippen LogP contribution in [0.5, 0.6) is 11.5 Å². The number of methoxy groups -OCH3 is 2. The number of ether oxygens (including phenoxy) is 2. The SMILES string of the molecule is COC(=O)c1cc(C(C)(C)C)c(OP(Cl)Oc2c(C(C)(C)C)cc(C(=O)OC)cc2C(C)(C)C)c(C(C)(C)C)c1. The Kier molecular flexibility index (Phi) is 10.1. The van der Waals surface area contributed by atoms with Crippen molar-refractivity contribution in [2.75, 3.05) is 14.2 Å². The molecule has 40 heavy (non-hydrogen) atoms. The van der Waals surface area contributed by atoms with Gasteiger partial charge < -0.3 is 18.5 Å². The Morgan fingerprint density at radius 1 is 0.550 bits per heavy atom. The predicted octanol–water partition coefficient (Wildman–Crippen LogP) is 9.37. The fourth-order valence-corrected chi connectivity index (χ4v) is 5.45. The molecule has 0 unspecified atom stereocenters. The molecule has 0 fully saturated rings. The highest BCUT2D eigenvalue weighted by Gasteiger charge is 2.34. The Bertz CT molecular complexity index is 1090. The van der Waals surface area contributed by atoms with Gasteiger partial charge in [0.25, 0.3) is 0 Å². The third-order valence-corrected chi connectivity index (χ3v) is 7.64. The van der Waals surface area contributed by atoms with Gasteiger partial charge in [-0.05, 0) is 57.2 Å². The van der Waals surface area contributed by atoms with Crippen LogP contribution in [0.15, 0.2) is 24.3 Å². The molecule has 0 aliphatic heterocycles. The third-order valence-electron chi connectivity index (χ3n) is 6.58. The monoisotopic (exact) mass is 592 g/mol. The van der Waals surface area contributed by atoms with Crippen LogP contribution in [-0.4, -0.2) is 26.2 Å². The zero-order chi connectivity index (χ0) is 31.0. The first kappa shape index (κ1) is 33.9. The molecule has 0 aromatic heterocycles. The summed E-state index contributed by atoms with van der Waals surface area (Å²) in [7, 11) is 0.741. The zero-order valence-corrected chi connectivity index (χ0v) is 28.2. The highest BCUT2D eigenvalue weighted by molar-refractivity contribution is 7.76. The first-order valence-electron chi connectivity index (χ1n) is 13.4. The second-order valence-electron chi connectivity index (χ2n) is 14.2. The molecule has 0 aliphatic carbocycles. The highest BCUT2D eigenvalue weighted by atomic mass is 35.7. The minimum atomic E-state index is -2.00. The van der Waals surface area contributed by atoms with Crippen LogP contribution >= 0.6 is 19.0 Å². The van der Waals surface area contributed by atoms with Gasteiger partial charge in [-0.2, -0.15) is 0 Å². The van der Waals surface area contributed by atoms with E-state index in [0.29, 0.717) is 22.6 Å². The summed E-state index contributed by atoms with van der Waals surface area (Å²) >= 11 is 6.93. The molecular formula is C32H46ClO6P. The van der Waals surface area contributed by atoms with Crippen LogP contribution in [0.2, 0.25) is 0 Å². The molecule has 0 bridgehead atoms. The maximum absolute atomic E-state index is 12.6. The topological polar surface area (TPSA) is 71.1 Å². The smallest absolute Gasteiger partial charge is 0.401 e. The van der Waals surface area contributed by atoms with Gasteiger partial charge in [0.05, 0.1) is 25.3 Å². The van der Waals surface area contributed by atoms with Gasteiger partial charge in [-0.3, -0.25) is 0 Å². The van der Waals surface area contributed by atoms with Gasteiger partial charge in [-0.25, -0.2) is 9.59 Å². The number of hydrogen-bond donors (Lipinski definition) is 0. The molecule has 222 valence electrons. The van der Waals surface area contributed by atoms with Crippen LogP contribution in [0.4, 0.5) is 0 Å². The average Bonchev–Trinajstić information content (AvgIpc) is 2.80. The molecule has 0 radical (unpaired) electrons. The largest absolute Gasteiger partial charge is 0.465 e. The van der Waals surface area contributed by atoms with Crippen LogP contribution in [0.1, 0.15) is 126 Å². The van der Waals surface area contributed by atoms with Gasteiger partial charge >= 0.3 is 19.7 Å². The molecule has 0 spiro atoms. The van der Waals surface area contributed by atoms with Crippen molar-refractivity contribution in [1.29, 1.82) is 0 Å². The minimum Gasteiger partial charge on any atom is -0.465 e. The fraction of sp³-hybridized carbons (Fsp3) is 0.562. The molecule has 0 saturated carbocycles. The van der Waals surface area contributed by atoms with Gasteiger partial charge in [0.2, 0.25) is 0 Å². The second-order valence-corrected chi connectivity index (χ2v) is 15.8. The first-order chi connectivity index (χ1) is 18.0. The van der Waals surface area contributed by atoms with E-state index in [0.717, 1.165) is 22.3 Å². The van der Waals surface area contributed by atoms with Crippen LogP contribution < -0.4 is 9.05 Å². The molecule has 2 aromatic rings. The van der Waals surface area contributed by atoms with Gasteiger partial charge in [-0.1, -0.05) is 83.1 Å². The van der Waals surface area contributed by atoms with Crippen molar-refractivity contribution in [1.82, 2.24) is 0 Å². The van der Waals surface area contributed by atoms with Crippen molar-refractivity contribution in [2.45, 2.75) is 105 Å². The van der Waals surface area contributed by atoms with Crippen LogP contribution in [0.3, 0.4) is 0 Å². The Hall–Kier alpha value is -2.30. The summed E-state index contributed by atoms with van der Waals surface area (Å²) in [6.45, 7) is 24.7. The minimum absolute atomic E-state index is 0.373. The summed E-state index contributed by atoms with van der Waals surface area (Å²) < 4.78 is 23.1. The molecule has 0 N–H and O–H groups in total. The molecular weight excluding hydrogens is 547 g/mol. The molecule has 0 heterocycles. The summed E-state index contributed by atoms with van der Waals surface area (Å²) in [6, 6.07) is 7.23. The number of halogens is 1. The lowest BCUT2D eigenvalue weighted by molar-refractivity contribution is 0.0591. The van der Waals surface area contributed by atoms with E-state index in [4.69, 9.17) is 29.8 Å². The number of rotatable bonds is 6. The standard InChI is InChI=1S/C32H46ClO6P/c1-29(2,3)21-15-19(27(34)36-13)16-22(30(4,5)6)25(21)38-40(33)39-26-23(31(7,8)9)17-20(28(35)37-14)18-24(26)32(10,11)12/h15-18H,1-14H3. The molecule has 2 rings (SSSR count). The average molecular weight is 593 g/mol. The summed E-state index contributed by atoms with van der Waals surface area (Å²) in [5.74, 6) is 0.355. The molecule has 8 heteroatoms. The van der Waals surface area contributed by atoms with Gasteiger partial charge in [-0.15, -0.1) is 0 Å². The lowest BCUT2D eigenvalue weighted by Crippen LogP contribution is -2.22. The quantitative estimate of drug-likeness (QED) is 0.246. The second kappa shape index (κ2) is 11.9. The lowest BCUT2D eigenvalue weighted by atomic mass is 9.78. The Labute approximate surface area is 246 Å². The van der Waals surface area contributed by atoms with E-state index in [-0.39, 0.29) is 21.7 Å². The Morgan fingerprint density at radius 2 is 0.775 bits per heavy atom. The number of esters is 2. The van der Waals surface area contributed by atoms with E-state index in [2.05, 4.69) is 83.1 Å². The van der Waals surface area contributed by atoms with Crippen molar-refractivity contribution in [2.24, 2.45) is 0 Å². The van der Waals surface area contributed by atoms with E-state index in [1.165, 1.54) is 14.2 Å². The Balaban J connectivity index is 2.78. The van der Waals surface area contributed by atoms with E-state index in [1.54, 1.807) is 0 Å². The number of carbonyl (C=O) groups is 2. The summed E-state index contributed by atoms with van der Waals surface area (Å²) in [6.07, 6.45) is 0. The molecule has 0 amide bonds. The summed E-state index contributed by atoms with van der Waals surface area (Å²) in [5, 5.41) is 0. The molecule has 2 aromatic carbocycles.